The van der Waals surface area contributed by atoms with Gasteiger partial charge in [-0.05, 0) is 13.8 Å². The zero-order chi connectivity index (χ0) is 12.3. The molecule has 0 saturated carbocycles. The lowest BCUT2D eigenvalue weighted by molar-refractivity contribution is 0.970. The van der Waals surface area contributed by atoms with Crippen molar-refractivity contribution in [2.75, 3.05) is 17.6 Å². The number of aryl methyl sites for hydroxylation is 2. The molecule has 0 bridgehead atoms. The maximum absolute atomic E-state index is 5.54. The van der Waals surface area contributed by atoms with E-state index in [-0.39, 0.29) is 0 Å². The predicted molar refractivity (Wildman–Crippen MR) is 70.2 cm³/mol. The summed E-state index contributed by atoms with van der Waals surface area (Å²) in [7, 11) is 0. The fraction of sp³-hybridized carbons (Fsp3) is 0.364. The SMILES string of the molecule is Cc1csc(CCNc2nc(N)ncc2C)n1. The Morgan fingerprint density at radius 2 is 2.18 bits per heavy atom. The van der Waals surface area contributed by atoms with Crippen molar-refractivity contribution in [1.29, 1.82) is 0 Å². The molecule has 2 heterocycles. The van der Waals surface area contributed by atoms with Crippen LogP contribution in [0.5, 0.6) is 0 Å². The number of anilines is 2. The number of nitrogens with one attached hydrogen (secondary N) is 1. The third-order valence-corrected chi connectivity index (χ3v) is 3.31. The highest BCUT2D eigenvalue weighted by atomic mass is 32.1. The fourth-order valence-corrected chi connectivity index (χ4v) is 2.22. The Labute approximate surface area is 104 Å². The van der Waals surface area contributed by atoms with Gasteiger partial charge < -0.3 is 11.1 Å². The Hall–Kier alpha value is -1.69. The van der Waals surface area contributed by atoms with Crippen LogP contribution in [0.3, 0.4) is 0 Å². The lowest BCUT2D eigenvalue weighted by Crippen LogP contribution is -2.09. The van der Waals surface area contributed by atoms with Gasteiger partial charge in [-0.15, -0.1) is 11.3 Å². The molecule has 0 aromatic carbocycles. The van der Waals surface area contributed by atoms with E-state index in [1.165, 1.54) is 0 Å². The molecule has 0 aliphatic carbocycles. The highest BCUT2D eigenvalue weighted by Crippen LogP contribution is 2.12. The van der Waals surface area contributed by atoms with E-state index in [4.69, 9.17) is 5.73 Å². The molecule has 0 amide bonds. The second-order valence-electron chi connectivity index (χ2n) is 3.82. The zero-order valence-corrected chi connectivity index (χ0v) is 10.7. The molecule has 6 heteroatoms. The maximum atomic E-state index is 5.54. The first-order valence-electron chi connectivity index (χ1n) is 5.39. The first kappa shape index (κ1) is 11.8. The van der Waals surface area contributed by atoms with Crippen molar-refractivity contribution < 1.29 is 0 Å². The highest BCUT2D eigenvalue weighted by molar-refractivity contribution is 7.09. The van der Waals surface area contributed by atoms with Gasteiger partial charge in [-0.1, -0.05) is 0 Å². The van der Waals surface area contributed by atoms with E-state index in [1.54, 1.807) is 17.5 Å². The average molecular weight is 249 g/mol. The summed E-state index contributed by atoms with van der Waals surface area (Å²) in [6.07, 6.45) is 2.61. The topological polar surface area (TPSA) is 76.7 Å². The molecule has 0 aliphatic heterocycles. The summed E-state index contributed by atoms with van der Waals surface area (Å²) in [4.78, 5) is 12.5. The Kier molecular flexibility index (Phi) is 3.53. The summed E-state index contributed by atoms with van der Waals surface area (Å²) in [5, 5.41) is 6.44. The van der Waals surface area contributed by atoms with Crippen LogP contribution in [-0.4, -0.2) is 21.5 Å². The maximum Gasteiger partial charge on any atom is 0.221 e. The van der Waals surface area contributed by atoms with Crippen molar-refractivity contribution in [3.8, 4) is 0 Å². The number of thiazole rings is 1. The summed E-state index contributed by atoms with van der Waals surface area (Å²) in [5.74, 6) is 1.09. The molecule has 2 aromatic rings. The number of hydrogen-bond acceptors (Lipinski definition) is 6. The Balaban J connectivity index is 1.91. The minimum absolute atomic E-state index is 0.295. The van der Waals surface area contributed by atoms with E-state index in [0.717, 1.165) is 35.0 Å². The normalized spacial score (nSPS) is 10.5. The molecule has 5 nitrogen and oxygen atoms in total. The smallest absolute Gasteiger partial charge is 0.221 e. The summed E-state index contributed by atoms with van der Waals surface area (Å²) in [5.41, 5.74) is 7.61. The van der Waals surface area contributed by atoms with Gasteiger partial charge in [-0.3, -0.25) is 0 Å². The number of rotatable bonds is 4. The molecule has 17 heavy (non-hydrogen) atoms. The van der Waals surface area contributed by atoms with Crippen molar-refractivity contribution >= 4 is 23.1 Å². The third-order valence-electron chi connectivity index (χ3n) is 2.29. The third kappa shape index (κ3) is 3.13. The van der Waals surface area contributed by atoms with Crippen LogP contribution in [0.2, 0.25) is 0 Å². The quantitative estimate of drug-likeness (QED) is 0.863. The molecule has 3 N–H and O–H groups in total. The van der Waals surface area contributed by atoms with Gasteiger partial charge in [0.25, 0.3) is 0 Å². The zero-order valence-electron chi connectivity index (χ0n) is 9.90. The molecule has 2 aromatic heterocycles. The summed E-state index contributed by atoms with van der Waals surface area (Å²) in [6, 6.07) is 0. The number of aromatic nitrogens is 3. The largest absolute Gasteiger partial charge is 0.369 e. The molecule has 2 rings (SSSR count). The lowest BCUT2D eigenvalue weighted by Gasteiger charge is -2.07. The van der Waals surface area contributed by atoms with Crippen molar-refractivity contribution in [2.24, 2.45) is 0 Å². The first-order valence-corrected chi connectivity index (χ1v) is 6.27. The van der Waals surface area contributed by atoms with Crippen molar-refractivity contribution in [1.82, 2.24) is 15.0 Å². The van der Waals surface area contributed by atoms with Crippen LogP contribution < -0.4 is 11.1 Å². The molecular weight excluding hydrogens is 234 g/mol. The summed E-state index contributed by atoms with van der Waals surface area (Å²) >= 11 is 1.68. The molecule has 90 valence electrons. The molecule has 0 aliphatic rings. The Morgan fingerprint density at radius 1 is 1.35 bits per heavy atom. The van der Waals surface area contributed by atoms with Gasteiger partial charge in [-0.25, -0.2) is 9.97 Å². The molecule has 0 radical (unpaired) electrons. The van der Waals surface area contributed by atoms with Crippen LogP contribution in [0.25, 0.3) is 0 Å². The van der Waals surface area contributed by atoms with Crippen LogP contribution in [0.4, 0.5) is 11.8 Å². The predicted octanol–water partition coefficient (Wildman–Crippen LogP) is 1.79. The van der Waals surface area contributed by atoms with Crippen LogP contribution in [0.1, 0.15) is 16.3 Å². The van der Waals surface area contributed by atoms with Gasteiger partial charge in [-0.2, -0.15) is 4.98 Å². The van der Waals surface area contributed by atoms with Crippen LogP contribution in [0.15, 0.2) is 11.6 Å². The van der Waals surface area contributed by atoms with E-state index < -0.39 is 0 Å². The van der Waals surface area contributed by atoms with Crippen LogP contribution >= 0.6 is 11.3 Å². The minimum atomic E-state index is 0.295. The average Bonchev–Trinajstić information content (AvgIpc) is 2.69. The second kappa shape index (κ2) is 5.09. The van der Waals surface area contributed by atoms with Crippen LogP contribution in [0, 0.1) is 13.8 Å². The van der Waals surface area contributed by atoms with Crippen LogP contribution in [-0.2, 0) is 6.42 Å². The second-order valence-corrected chi connectivity index (χ2v) is 4.76. The molecule has 0 unspecified atom stereocenters. The number of hydrogen-bond donors (Lipinski definition) is 2. The number of nitrogens with two attached hydrogens (primary N) is 1. The first-order chi connectivity index (χ1) is 8.15. The van der Waals surface area contributed by atoms with Gasteiger partial charge in [0.2, 0.25) is 5.95 Å². The van der Waals surface area contributed by atoms with E-state index in [0.29, 0.717) is 5.95 Å². The molecule has 0 fully saturated rings. The van der Waals surface area contributed by atoms with Crippen molar-refractivity contribution in [2.45, 2.75) is 20.3 Å². The van der Waals surface area contributed by atoms with E-state index in [1.807, 2.05) is 13.8 Å². The van der Waals surface area contributed by atoms with Gasteiger partial charge in [0.15, 0.2) is 0 Å². The molecule has 0 spiro atoms. The number of nitrogen functional groups attached to an aromatic ring is 1. The number of nitrogens with zero attached hydrogens (tertiary/aromatic N) is 3. The highest BCUT2D eigenvalue weighted by Gasteiger charge is 2.02. The van der Waals surface area contributed by atoms with E-state index in [9.17, 15) is 0 Å². The fourth-order valence-electron chi connectivity index (χ4n) is 1.44. The van der Waals surface area contributed by atoms with Gasteiger partial charge in [0.1, 0.15) is 5.82 Å². The molecule has 0 atom stereocenters. The Bertz CT molecular complexity index is 508. The summed E-state index contributed by atoms with van der Waals surface area (Å²) < 4.78 is 0. The Morgan fingerprint density at radius 3 is 2.88 bits per heavy atom. The molecule has 0 saturated heterocycles. The van der Waals surface area contributed by atoms with Gasteiger partial charge in [0.05, 0.1) is 5.01 Å². The lowest BCUT2D eigenvalue weighted by atomic mass is 10.3. The monoisotopic (exact) mass is 249 g/mol. The van der Waals surface area contributed by atoms with E-state index in [2.05, 4.69) is 25.6 Å². The van der Waals surface area contributed by atoms with Crippen molar-refractivity contribution in [3.05, 3.63) is 27.8 Å². The summed E-state index contributed by atoms with van der Waals surface area (Å²) in [6.45, 7) is 4.75. The van der Waals surface area contributed by atoms with Gasteiger partial charge in [0, 0.05) is 35.8 Å². The standard InChI is InChI=1S/C11H15N5S/c1-7-5-14-11(12)16-10(7)13-4-3-9-15-8(2)6-17-9/h5-6H,3-4H2,1-2H3,(H3,12,13,14,16). The minimum Gasteiger partial charge on any atom is -0.369 e. The van der Waals surface area contributed by atoms with E-state index >= 15 is 0 Å². The molecular formula is C11H15N5S. The van der Waals surface area contributed by atoms with Crippen molar-refractivity contribution in [3.63, 3.8) is 0 Å². The van der Waals surface area contributed by atoms with Gasteiger partial charge >= 0.3 is 0 Å².